The van der Waals surface area contributed by atoms with Gasteiger partial charge in [-0.05, 0) is 26.0 Å². The molecule has 0 radical (unpaired) electrons. The predicted molar refractivity (Wildman–Crippen MR) is 61.0 cm³/mol. The average Bonchev–Trinajstić information content (AvgIpc) is 2.64. The van der Waals surface area contributed by atoms with Gasteiger partial charge < -0.3 is 14.1 Å². The summed E-state index contributed by atoms with van der Waals surface area (Å²) in [5, 5.41) is 0. The number of hydrogen-bond donors (Lipinski definition) is 0. The van der Waals surface area contributed by atoms with Gasteiger partial charge in [0, 0.05) is 19.2 Å². The van der Waals surface area contributed by atoms with E-state index in [1.165, 1.54) is 0 Å². The van der Waals surface area contributed by atoms with Crippen molar-refractivity contribution in [2.75, 3.05) is 18.0 Å². The summed E-state index contributed by atoms with van der Waals surface area (Å²) >= 11 is 0. The van der Waals surface area contributed by atoms with E-state index in [0.29, 0.717) is 0 Å². The van der Waals surface area contributed by atoms with Crippen LogP contribution in [0.4, 0.5) is 5.88 Å². The molecule has 1 fully saturated rings. The van der Waals surface area contributed by atoms with Crippen LogP contribution in [0.25, 0.3) is 6.08 Å². The van der Waals surface area contributed by atoms with Gasteiger partial charge in [-0.25, -0.2) is 0 Å². The molecule has 3 nitrogen and oxygen atoms in total. The zero-order chi connectivity index (χ0) is 10.8. The van der Waals surface area contributed by atoms with Gasteiger partial charge in [0.2, 0.25) is 0 Å². The monoisotopic (exact) mass is 207 g/mol. The van der Waals surface area contributed by atoms with Crippen LogP contribution in [0.5, 0.6) is 0 Å². The third-order valence-corrected chi connectivity index (χ3v) is 2.55. The van der Waals surface area contributed by atoms with Gasteiger partial charge in [0.05, 0.1) is 12.2 Å². The van der Waals surface area contributed by atoms with Crippen molar-refractivity contribution in [2.24, 2.45) is 0 Å². The molecule has 0 saturated carbocycles. The lowest BCUT2D eigenvalue weighted by Crippen LogP contribution is -2.45. The van der Waals surface area contributed by atoms with Crippen molar-refractivity contribution in [3.63, 3.8) is 0 Å². The summed E-state index contributed by atoms with van der Waals surface area (Å²) in [5.41, 5.74) is 0. The van der Waals surface area contributed by atoms with Crippen LogP contribution >= 0.6 is 0 Å². The minimum absolute atomic E-state index is 0.256. The van der Waals surface area contributed by atoms with E-state index in [-0.39, 0.29) is 12.2 Å². The van der Waals surface area contributed by atoms with E-state index in [1.54, 1.807) is 6.08 Å². The van der Waals surface area contributed by atoms with Crippen molar-refractivity contribution in [3.8, 4) is 0 Å². The highest BCUT2D eigenvalue weighted by Crippen LogP contribution is 2.23. The Hall–Kier alpha value is -1.22. The second kappa shape index (κ2) is 4.11. The Morgan fingerprint density at radius 3 is 2.53 bits per heavy atom. The van der Waals surface area contributed by atoms with Gasteiger partial charge in [-0.2, -0.15) is 0 Å². The molecule has 1 saturated heterocycles. The molecule has 82 valence electrons. The molecular weight excluding hydrogens is 190 g/mol. The van der Waals surface area contributed by atoms with Crippen LogP contribution < -0.4 is 4.90 Å². The Morgan fingerprint density at radius 1 is 1.33 bits per heavy atom. The highest BCUT2D eigenvalue weighted by Gasteiger charge is 2.23. The summed E-state index contributed by atoms with van der Waals surface area (Å²) in [5.74, 6) is 1.73. The zero-order valence-corrected chi connectivity index (χ0v) is 9.27. The summed E-state index contributed by atoms with van der Waals surface area (Å²) in [6.45, 7) is 9.62. The minimum atomic E-state index is 0.256. The smallest absolute Gasteiger partial charge is 0.196 e. The van der Waals surface area contributed by atoms with Crippen molar-refractivity contribution < 1.29 is 9.15 Å². The Kier molecular flexibility index (Phi) is 2.82. The first kappa shape index (κ1) is 10.3. The molecule has 2 atom stereocenters. The molecule has 2 rings (SSSR count). The number of nitrogens with zero attached hydrogens (tertiary/aromatic N) is 1. The molecule has 0 aliphatic carbocycles. The number of hydrogen-bond acceptors (Lipinski definition) is 3. The average molecular weight is 207 g/mol. The van der Waals surface area contributed by atoms with Crippen molar-refractivity contribution >= 4 is 12.0 Å². The van der Waals surface area contributed by atoms with Crippen LogP contribution in [0.15, 0.2) is 23.1 Å². The van der Waals surface area contributed by atoms with Crippen LogP contribution in [-0.4, -0.2) is 25.3 Å². The number of rotatable bonds is 2. The molecule has 15 heavy (non-hydrogen) atoms. The topological polar surface area (TPSA) is 25.6 Å². The molecule has 1 aromatic rings. The van der Waals surface area contributed by atoms with Gasteiger partial charge in [0.25, 0.3) is 0 Å². The summed E-state index contributed by atoms with van der Waals surface area (Å²) in [6.07, 6.45) is 2.23. The summed E-state index contributed by atoms with van der Waals surface area (Å²) in [6, 6.07) is 3.93. The number of furan rings is 1. The number of morpholine rings is 1. The van der Waals surface area contributed by atoms with Crippen LogP contribution in [0, 0.1) is 0 Å². The van der Waals surface area contributed by atoms with Crippen molar-refractivity contribution in [2.45, 2.75) is 26.1 Å². The quantitative estimate of drug-likeness (QED) is 0.745. The second-order valence-electron chi connectivity index (χ2n) is 4.04. The minimum Gasteiger partial charge on any atom is -0.441 e. The first-order chi connectivity index (χ1) is 7.19. The van der Waals surface area contributed by atoms with Crippen molar-refractivity contribution in [1.29, 1.82) is 0 Å². The largest absolute Gasteiger partial charge is 0.441 e. The van der Waals surface area contributed by atoms with Gasteiger partial charge >= 0.3 is 0 Å². The lowest BCUT2D eigenvalue weighted by atomic mass is 10.2. The standard InChI is InChI=1S/C12H17NO2/c1-4-11-5-6-12(15-11)13-7-9(2)14-10(3)8-13/h4-6,9-10H,1,7-8H2,2-3H3. The second-order valence-corrected chi connectivity index (χ2v) is 4.04. The third-order valence-electron chi connectivity index (χ3n) is 2.55. The maximum Gasteiger partial charge on any atom is 0.196 e. The van der Waals surface area contributed by atoms with E-state index in [9.17, 15) is 0 Å². The molecule has 0 bridgehead atoms. The normalized spacial score (nSPS) is 26.7. The van der Waals surface area contributed by atoms with Crippen LogP contribution in [0.3, 0.4) is 0 Å². The van der Waals surface area contributed by atoms with Crippen molar-refractivity contribution in [3.05, 3.63) is 24.5 Å². The van der Waals surface area contributed by atoms with Gasteiger partial charge in [0.15, 0.2) is 5.88 Å². The fourth-order valence-corrected chi connectivity index (χ4v) is 1.98. The van der Waals surface area contributed by atoms with Gasteiger partial charge in [0.1, 0.15) is 5.76 Å². The number of anilines is 1. The van der Waals surface area contributed by atoms with E-state index < -0.39 is 0 Å². The molecule has 3 heteroatoms. The first-order valence-electron chi connectivity index (χ1n) is 5.31. The van der Waals surface area contributed by atoms with Gasteiger partial charge in [-0.1, -0.05) is 6.58 Å². The SMILES string of the molecule is C=Cc1ccc(N2CC(C)OC(C)C2)o1. The molecule has 1 aromatic heterocycles. The molecular formula is C12H17NO2. The number of ether oxygens (including phenoxy) is 1. The molecule has 2 heterocycles. The lowest BCUT2D eigenvalue weighted by molar-refractivity contribution is -0.00641. The van der Waals surface area contributed by atoms with E-state index in [0.717, 1.165) is 24.7 Å². The predicted octanol–water partition coefficient (Wildman–Crippen LogP) is 2.54. The highest BCUT2D eigenvalue weighted by atomic mass is 16.5. The van der Waals surface area contributed by atoms with Crippen molar-refractivity contribution in [1.82, 2.24) is 0 Å². The Morgan fingerprint density at radius 2 is 2.00 bits per heavy atom. The molecule has 0 N–H and O–H groups in total. The van der Waals surface area contributed by atoms with Gasteiger partial charge in [-0.15, -0.1) is 0 Å². The Bertz CT molecular complexity index is 335. The Labute approximate surface area is 90.3 Å². The van der Waals surface area contributed by atoms with E-state index >= 15 is 0 Å². The Balaban J connectivity index is 2.12. The molecule has 1 aliphatic rings. The lowest BCUT2D eigenvalue weighted by Gasteiger charge is -2.35. The fourth-order valence-electron chi connectivity index (χ4n) is 1.98. The van der Waals surface area contributed by atoms with E-state index in [1.807, 2.05) is 12.1 Å². The zero-order valence-electron chi connectivity index (χ0n) is 9.27. The van der Waals surface area contributed by atoms with Crippen LogP contribution in [0.2, 0.25) is 0 Å². The summed E-state index contributed by atoms with van der Waals surface area (Å²) < 4.78 is 11.3. The molecule has 0 spiro atoms. The van der Waals surface area contributed by atoms with E-state index in [4.69, 9.17) is 9.15 Å². The van der Waals surface area contributed by atoms with E-state index in [2.05, 4.69) is 25.3 Å². The van der Waals surface area contributed by atoms with Gasteiger partial charge in [-0.3, -0.25) is 0 Å². The molecule has 1 aliphatic heterocycles. The maximum atomic E-state index is 5.67. The first-order valence-corrected chi connectivity index (χ1v) is 5.31. The highest BCUT2D eigenvalue weighted by molar-refractivity contribution is 5.46. The van der Waals surface area contributed by atoms with Crippen LogP contribution in [-0.2, 0) is 4.74 Å². The molecule has 2 unspecified atom stereocenters. The maximum absolute atomic E-state index is 5.67. The third kappa shape index (κ3) is 2.23. The summed E-state index contributed by atoms with van der Waals surface area (Å²) in [7, 11) is 0. The fraction of sp³-hybridized carbons (Fsp3) is 0.500. The summed E-state index contributed by atoms with van der Waals surface area (Å²) in [4.78, 5) is 2.21. The molecule has 0 amide bonds. The molecule has 0 aromatic carbocycles. The van der Waals surface area contributed by atoms with Crippen LogP contribution in [0.1, 0.15) is 19.6 Å².